The van der Waals surface area contributed by atoms with E-state index in [-0.39, 0.29) is 0 Å². The Morgan fingerprint density at radius 3 is 2.63 bits per heavy atom. The molecule has 3 aliphatic rings. The Balaban J connectivity index is 1.71. The van der Waals surface area contributed by atoms with E-state index < -0.39 is 0 Å². The first kappa shape index (κ1) is 13.6. The minimum absolute atomic E-state index is 0.387. The lowest BCUT2D eigenvalue weighted by Gasteiger charge is -2.46. The Hall–Kier alpha value is -0.370. The highest BCUT2D eigenvalue weighted by atomic mass is 16.1. The van der Waals surface area contributed by atoms with E-state index in [1.165, 1.54) is 57.9 Å². The van der Waals surface area contributed by atoms with Crippen LogP contribution in [0.15, 0.2) is 0 Å². The minimum atomic E-state index is 0.387. The zero-order valence-electron chi connectivity index (χ0n) is 12.4. The van der Waals surface area contributed by atoms with Gasteiger partial charge in [-0.25, -0.2) is 0 Å². The summed E-state index contributed by atoms with van der Waals surface area (Å²) in [7, 11) is 0. The molecular weight excluding hydrogens is 234 g/mol. The van der Waals surface area contributed by atoms with Gasteiger partial charge in [0, 0.05) is 24.4 Å². The van der Waals surface area contributed by atoms with Gasteiger partial charge in [-0.2, -0.15) is 0 Å². The Labute approximate surface area is 117 Å². The van der Waals surface area contributed by atoms with Crippen LogP contribution in [0.25, 0.3) is 0 Å². The average molecular weight is 263 g/mol. The van der Waals surface area contributed by atoms with Gasteiger partial charge in [0.2, 0.25) is 0 Å². The van der Waals surface area contributed by atoms with Crippen LogP contribution in [-0.4, -0.2) is 29.3 Å². The van der Waals surface area contributed by atoms with E-state index >= 15 is 0 Å². The first-order valence-electron chi connectivity index (χ1n) is 8.54. The standard InChI is InChI=1S/C17H29NO/c1-13-6-4-7-14(12-13)18-11-3-2-9-16(18)15-8-5-10-17(15)19/h13-16H,2-12H2,1H3. The second-order valence-corrected chi connectivity index (χ2v) is 7.19. The summed E-state index contributed by atoms with van der Waals surface area (Å²) in [4.78, 5) is 14.9. The number of likely N-dealkylation sites (tertiary alicyclic amines) is 1. The molecule has 19 heavy (non-hydrogen) atoms. The molecule has 2 aliphatic carbocycles. The third-order valence-corrected chi connectivity index (χ3v) is 5.79. The molecule has 0 aromatic heterocycles. The van der Waals surface area contributed by atoms with Crippen LogP contribution < -0.4 is 0 Å². The van der Waals surface area contributed by atoms with Gasteiger partial charge in [0.15, 0.2) is 0 Å². The summed E-state index contributed by atoms with van der Waals surface area (Å²) in [6.45, 7) is 3.66. The van der Waals surface area contributed by atoms with Crippen LogP contribution in [0.2, 0.25) is 0 Å². The van der Waals surface area contributed by atoms with Crippen molar-refractivity contribution in [1.29, 1.82) is 0 Å². The van der Waals surface area contributed by atoms with E-state index in [4.69, 9.17) is 0 Å². The van der Waals surface area contributed by atoms with Crippen molar-refractivity contribution >= 4 is 5.78 Å². The second kappa shape index (κ2) is 5.95. The van der Waals surface area contributed by atoms with E-state index in [0.717, 1.165) is 24.8 Å². The number of nitrogens with zero attached hydrogens (tertiary/aromatic N) is 1. The van der Waals surface area contributed by atoms with Crippen molar-refractivity contribution in [2.45, 2.75) is 83.2 Å². The lowest BCUT2D eigenvalue weighted by molar-refractivity contribution is -0.123. The SMILES string of the molecule is CC1CCCC(N2CCCCC2C2CCCC2=O)C1. The third-order valence-electron chi connectivity index (χ3n) is 5.79. The van der Waals surface area contributed by atoms with Gasteiger partial charge in [0.25, 0.3) is 0 Å². The number of carbonyl (C=O) groups is 1. The quantitative estimate of drug-likeness (QED) is 0.755. The van der Waals surface area contributed by atoms with Crippen LogP contribution in [-0.2, 0) is 4.79 Å². The van der Waals surface area contributed by atoms with Crippen LogP contribution in [0, 0.1) is 11.8 Å². The van der Waals surface area contributed by atoms with Gasteiger partial charge in [0.05, 0.1) is 0 Å². The van der Waals surface area contributed by atoms with Crippen molar-refractivity contribution < 1.29 is 4.79 Å². The van der Waals surface area contributed by atoms with Crippen molar-refractivity contribution in [3.63, 3.8) is 0 Å². The minimum Gasteiger partial charge on any atom is -0.299 e. The predicted octanol–water partition coefficient (Wildman–Crippen LogP) is 3.79. The second-order valence-electron chi connectivity index (χ2n) is 7.19. The summed E-state index contributed by atoms with van der Waals surface area (Å²) in [5.74, 6) is 1.85. The maximum atomic E-state index is 12.1. The molecule has 4 atom stereocenters. The van der Waals surface area contributed by atoms with E-state index in [0.29, 0.717) is 17.7 Å². The molecule has 0 aromatic carbocycles. The van der Waals surface area contributed by atoms with Crippen molar-refractivity contribution in [2.75, 3.05) is 6.54 Å². The largest absolute Gasteiger partial charge is 0.299 e. The summed E-state index contributed by atoms with van der Waals surface area (Å²) in [5.41, 5.74) is 0. The van der Waals surface area contributed by atoms with Crippen LogP contribution in [0.5, 0.6) is 0 Å². The van der Waals surface area contributed by atoms with Gasteiger partial charge >= 0.3 is 0 Å². The summed E-state index contributed by atoms with van der Waals surface area (Å²) in [6, 6.07) is 1.38. The van der Waals surface area contributed by atoms with Crippen molar-refractivity contribution in [1.82, 2.24) is 4.90 Å². The van der Waals surface area contributed by atoms with Gasteiger partial charge in [-0.15, -0.1) is 0 Å². The molecule has 1 heterocycles. The molecule has 3 fully saturated rings. The van der Waals surface area contributed by atoms with Gasteiger partial charge in [-0.05, 0) is 51.0 Å². The molecule has 4 unspecified atom stereocenters. The van der Waals surface area contributed by atoms with Gasteiger partial charge in [-0.3, -0.25) is 9.69 Å². The number of hydrogen-bond donors (Lipinski definition) is 0. The van der Waals surface area contributed by atoms with Gasteiger partial charge < -0.3 is 0 Å². The Bertz CT molecular complexity index is 327. The third kappa shape index (κ3) is 2.89. The number of rotatable bonds is 2. The molecule has 0 aromatic rings. The van der Waals surface area contributed by atoms with Crippen molar-refractivity contribution in [3.05, 3.63) is 0 Å². The molecule has 0 spiro atoms. The van der Waals surface area contributed by atoms with Gasteiger partial charge in [0.1, 0.15) is 5.78 Å². The monoisotopic (exact) mass is 263 g/mol. The normalized spacial score (nSPS) is 41.6. The molecule has 2 saturated carbocycles. The van der Waals surface area contributed by atoms with E-state index in [1.807, 2.05) is 0 Å². The summed E-state index contributed by atoms with van der Waals surface area (Å²) >= 11 is 0. The first-order valence-corrected chi connectivity index (χ1v) is 8.54. The smallest absolute Gasteiger partial charge is 0.137 e. The lowest BCUT2D eigenvalue weighted by atomic mass is 9.81. The molecule has 0 N–H and O–H groups in total. The highest BCUT2D eigenvalue weighted by molar-refractivity contribution is 5.83. The zero-order chi connectivity index (χ0) is 13.2. The summed E-state index contributed by atoms with van der Waals surface area (Å²) < 4.78 is 0. The van der Waals surface area contributed by atoms with Gasteiger partial charge in [-0.1, -0.05) is 26.2 Å². The number of ketones is 1. The Morgan fingerprint density at radius 1 is 1.00 bits per heavy atom. The maximum Gasteiger partial charge on any atom is 0.137 e. The molecule has 0 radical (unpaired) electrons. The van der Waals surface area contributed by atoms with Crippen LogP contribution in [0.1, 0.15) is 71.1 Å². The molecule has 2 nitrogen and oxygen atoms in total. The number of carbonyl (C=O) groups excluding carboxylic acids is 1. The highest BCUT2D eigenvalue weighted by Gasteiger charge is 2.39. The fourth-order valence-corrected chi connectivity index (χ4v) is 4.82. The zero-order valence-corrected chi connectivity index (χ0v) is 12.4. The molecule has 3 rings (SSSR count). The first-order chi connectivity index (χ1) is 9.25. The molecule has 0 amide bonds. The fraction of sp³-hybridized carbons (Fsp3) is 0.941. The Morgan fingerprint density at radius 2 is 1.89 bits per heavy atom. The summed E-state index contributed by atoms with van der Waals surface area (Å²) in [6.07, 6.45) is 12.7. The Kier molecular flexibility index (Phi) is 4.26. The molecule has 1 saturated heterocycles. The van der Waals surface area contributed by atoms with E-state index in [1.54, 1.807) is 0 Å². The molecule has 1 aliphatic heterocycles. The molecule has 0 bridgehead atoms. The number of hydrogen-bond acceptors (Lipinski definition) is 2. The fourth-order valence-electron chi connectivity index (χ4n) is 4.82. The topological polar surface area (TPSA) is 20.3 Å². The number of Topliss-reactive ketones (excluding diaryl/α,β-unsaturated/α-hetero) is 1. The highest BCUT2D eigenvalue weighted by Crippen LogP contribution is 2.37. The van der Waals surface area contributed by atoms with E-state index in [2.05, 4.69) is 11.8 Å². The van der Waals surface area contributed by atoms with Crippen LogP contribution in [0.4, 0.5) is 0 Å². The number of piperidine rings is 1. The summed E-state index contributed by atoms with van der Waals surface area (Å²) in [5, 5.41) is 0. The predicted molar refractivity (Wildman–Crippen MR) is 78.1 cm³/mol. The maximum absolute atomic E-state index is 12.1. The average Bonchev–Trinajstić information content (AvgIpc) is 2.85. The van der Waals surface area contributed by atoms with Crippen molar-refractivity contribution in [2.24, 2.45) is 11.8 Å². The molecular formula is C17H29NO. The lowest BCUT2D eigenvalue weighted by Crippen LogP contribution is -2.51. The van der Waals surface area contributed by atoms with E-state index in [9.17, 15) is 4.79 Å². The van der Waals surface area contributed by atoms with Crippen LogP contribution in [0.3, 0.4) is 0 Å². The van der Waals surface area contributed by atoms with Crippen molar-refractivity contribution in [3.8, 4) is 0 Å². The molecule has 108 valence electrons. The van der Waals surface area contributed by atoms with Crippen LogP contribution >= 0.6 is 0 Å². The molecule has 2 heteroatoms.